The third-order valence-electron chi connectivity index (χ3n) is 3.18. The summed E-state index contributed by atoms with van der Waals surface area (Å²) in [6, 6.07) is 15.1. The minimum atomic E-state index is -0.0698. The SMILES string of the molecule is COc1ccccc1C1=Nc2ccccc2NC(=O)C1. The molecule has 20 heavy (non-hydrogen) atoms. The number of methoxy groups -OCH3 is 1. The fraction of sp³-hybridized carbons (Fsp3) is 0.125. The van der Waals surface area contributed by atoms with Crippen molar-refractivity contribution < 1.29 is 9.53 Å². The first kappa shape index (κ1) is 12.4. The first-order valence-corrected chi connectivity index (χ1v) is 6.38. The van der Waals surface area contributed by atoms with E-state index in [1.165, 1.54) is 0 Å². The number of fused-ring (bicyclic) bond motifs is 1. The Hall–Kier alpha value is -2.62. The molecule has 4 heteroatoms. The van der Waals surface area contributed by atoms with Gasteiger partial charge in [0, 0.05) is 5.56 Å². The van der Waals surface area contributed by atoms with Gasteiger partial charge in [-0.25, -0.2) is 4.99 Å². The molecule has 3 rings (SSSR count). The largest absolute Gasteiger partial charge is 0.496 e. The molecule has 1 heterocycles. The van der Waals surface area contributed by atoms with Gasteiger partial charge in [-0.15, -0.1) is 0 Å². The molecule has 1 aliphatic heterocycles. The van der Waals surface area contributed by atoms with Crippen molar-refractivity contribution >= 4 is 23.0 Å². The summed E-state index contributed by atoms with van der Waals surface area (Å²) in [4.78, 5) is 16.6. The summed E-state index contributed by atoms with van der Waals surface area (Å²) in [6.45, 7) is 0. The lowest BCUT2D eigenvalue weighted by molar-refractivity contribution is -0.115. The van der Waals surface area contributed by atoms with Crippen LogP contribution in [0.2, 0.25) is 0 Å². The highest BCUT2D eigenvalue weighted by atomic mass is 16.5. The zero-order valence-electron chi connectivity index (χ0n) is 11.1. The van der Waals surface area contributed by atoms with Gasteiger partial charge < -0.3 is 10.1 Å². The van der Waals surface area contributed by atoms with Crippen LogP contribution in [0.25, 0.3) is 0 Å². The molecule has 1 aliphatic rings. The van der Waals surface area contributed by atoms with E-state index in [0.29, 0.717) is 5.71 Å². The maximum atomic E-state index is 12.0. The standard InChI is InChI=1S/C16H14N2O2/c1-20-15-9-5-2-6-11(15)14-10-16(19)18-13-8-4-3-7-12(13)17-14/h2-9H,10H2,1H3,(H,18,19). The molecule has 0 atom stereocenters. The Bertz CT molecular complexity index is 692. The fourth-order valence-electron chi connectivity index (χ4n) is 2.25. The number of para-hydroxylation sites is 3. The Labute approximate surface area is 117 Å². The van der Waals surface area contributed by atoms with Gasteiger partial charge >= 0.3 is 0 Å². The molecule has 2 aromatic rings. The lowest BCUT2D eigenvalue weighted by atomic mass is 10.1. The van der Waals surface area contributed by atoms with Crippen molar-refractivity contribution in [3.63, 3.8) is 0 Å². The van der Waals surface area contributed by atoms with E-state index in [-0.39, 0.29) is 12.3 Å². The van der Waals surface area contributed by atoms with E-state index in [9.17, 15) is 4.79 Å². The van der Waals surface area contributed by atoms with Gasteiger partial charge in [0.15, 0.2) is 0 Å². The lowest BCUT2D eigenvalue weighted by Gasteiger charge is -2.09. The number of nitrogens with zero attached hydrogens (tertiary/aromatic N) is 1. The van der Waals surface area contributed by atoms with Gasteiger partial charge in [0.2, 0.25) is 5.91 Å². The van der Waals surface area contributed by atoms with Crippen LogP contribution in [-0.4, -0.2) is 18.7 Å². The molecule has 0 saturated heterocycles. The topological polar surface area (TPSA) is 50.7 Å². The Morgan fingerprint density at radius 1 is 1.10 bits per heavy atom. The van der Waals surface area contributed by atoms with Crippen LogP contribution in [0, 0.1) is 0 Å². The highest BCUT2D eigenvalue weighted by Crippen LogP contribution is 2.30. The summed E-state index contributed by atoms with van der Waals surface area (Å²) in [5, 5.41) is 2.87. The number of nitrogens with one attached hydrogen (secondary N) is 1. The van der Waals surface area contributed by atoms with Crippen LogP contribution >= 0.6 is 0 Å². The van der Waals surface area contributed by atoms with Crippen LogP contribution in [0.1, 0.15) is 12.0 Å². The third-order valence-corrected chi connectivity index (χ3v) is 3.18. The van der Waals surface area contributed by atoms with Crippen molar-refractivity contribution in [3.8, 4) is 5.75 Å². The summed E-state index contributed by atoms with van der Waals surface area (Å²) < 4.78 is 5.35. The number of aliphatic imine (C=N–C) groups is 1. The van der Waals surface area contributed by atoms with Gasteiger partial charge in [0.1, 0.15) is 5.75 Å². The van der Waals surface area contributed by atoms with Gasteiger partial charge in [-0.2, -0.15) is 0 Å². The average Bonchev–Trinajstić information content (AvgIpc) is 2.65. The number of amides is 1. The molecule has 2 aromatic carbocycles. The second kappa shape index (κ2) is 5.17. The Morgan fingerprint density at radius 2 is 1.85 bits per heavy atom. The summed E-state index contributed by atoms with van der Waals surface area (Å²) >= 11 is 0. The number of carbonyl (C=O) groups is 1. The van der Waals surface area contributed by atoms with E-state index in [1.54, 1.807) is 7.11 Å². The predicted octanol–water partition coefficient (Wildman–Crippen LogP) is 3.16. The molecule has 0 unspecified atom stereocenters. The van der Waals surface area contributed by atoms with Crippen LogP contribution in [0.5, 0.6) is 5.75 Å². The summed E-state index contributed by atoms with van der Waals surface area (Å²) in [7, 11) is 1.62. The molecular formula is C16H14N2O2. The molecule has 4 nitrogen and oxygen atoms in total. The highest BCUT2D eigenvalue weighted by molar-refractivity contribution is 6.17. The number of ether oxygens (including phenoxy) is 1. The smallest absolute Gasteiger partial charge is 0.230 e. The maximum Gasteiger partial charge on any atom is 0.230 e. The van der Waals surface area contributed by atoms with E-state index >= 15 is 0 Å². The number of hydrogen-bond acceptors (Lipinski definition) is 3. The minimum absolute atomic E-state index is 0.0698. The normalized spacial score (nSPS) is 13.8. The predicted molar refractivity (Wildman–Crippen MR) is 78.9 cm³/mol. The highest BCUT2D eigenvalue weighted by Gasteiger charge is 2.18. The quantitative estimate of drug-likeness (QED) is 0.907. The van der Waals surface area contributed by atoms with Gasteiger partial charge in [-0.1, -0.05) is 24.3 Å². The molecule has 1 amide bonds. The molecule has 1 N–H and O–H groups in total. The second-order valence-electron chi connectivity index (χ2n) is 4.50. The molecule has 0 radical (unpaired) electrons. The monoisotopic (exact) mass is 266 g/mol. The molecule has 0 aliphatic carbocycles. The number of carbonyl (C=O) groups excluding carboxylic acids is 1. The van der Waals surface area contributed by atoms with Crippen molar-refractivity contribution in [2.75, 3.05) is 12.4 Å². The van der Waals surface area contributed by atoms with Crippen molar-refractivity contribution in [1.29, 1.82) is 0 Å². The van der Waals surface area contributed by atoms with Crippen LogP contribution in [0.4, 0.5) is 11.4 Å². The first-order chi connectivity index (χ1) is 9.78. The van der Waals surface area contributed by atoms with E-state index in [2.05, 4.69) is 10.3 Å². The number of rotatable bonds is 2. The number of benzene rings is 2. The number of anilines is 1. The van der Waals surface area contributed by atoms with Crippen molar-refractivity contribution in [1.82, 2.24) is 0 Å². The van der Waals surface area contributed by atoms with Gasteiger partial charge in [-0.05, 0) is 24.3 Å². The van der Waals surface area contributed by atoms with E-state index in [1.807, 2.05) is 48.5 Å². The Morgan fingerprint density at radius 3 is 2.70 bits per heavy atom. The molecule has 0 bridgehead atoms. The maximum absolute atomic E-state index is 12.0. The molecule has 0 spiro atoms. The van der Waals surface area contributed by atoms with Crippen LogP contribution in [0.15, 0.2) is 53.5 Å². The Kier molecular flexibility index (Phi) is 3.21. The zero-order valence-corrected chi connectivity index (χ0v) is 11.1. The molecule has 100 valence electrons. The van der Waals surface area contributed by atoms with Crippen molar-refractivity contribution in [2.45, 2.75) is 6.42 Å². The molecule has 0 aromatic heterocycles. The van der Waals surface area contributed by atoms with Crippen LogP contribution in [-0.2, 0) is 4.79 Å². The molecule has 0 fully saturated rings. The first-order valence-electron chi connectivity index (χ1n) is 6.38. The van der Waals surface area contributed by atoms with E-state index in [4.69, 9.17) is 4.74 Å². The van der Waals surface area contributed by atoms with E-state index < -0.39 is 0 Å². The molecule has 0 saturated carbocycles. The van der Waals surface area contributed by atoms with Gasteiger partial charge in [0.25, 0.3) is 0 Å². The Balaban J connectivity index is 2.13. The fourth-order valence-corrected chi connectivity index (χ4v) is 2.25. The minimum Gasteiger partial charge on any atom is -0.496 e. The van der Waals surface area contributed by atoms with Gasteiger partial charge in [0.05, 0.1) is 30.6 Å². The lowest BCUT2D eigenvalue weighted by Crippen LogP contribution is -2.15. The van der Waals surface area contributed by atoms with E-state index in [0.717, 1.165) is 22.7 Å². The second-order valence-corrected chi connectivity index (χ2v) is 4.50. The third kappa shape index (κ3) is 2.28. The zero-order chi connectivity index (χ0) is 13.9. The summed E-state index contributed by atoms with van der Waals surface area (Å²) in [6.07, 6.45) is 0.231. The molecular weight excluding hydrogens is 252 g/mol. The van der Waals surface area contributed by atoms with Crippen LogP contribution < -0.4 is 10.1 Å². The summed E-state index contributed by atoms with van der Waals surface area (Å²) in [5.74, 6) is 0.651. The number of hydrogen-bond donors (Lipinski definition) is 1. The van der Waals surface area contributed by atoms with Crippen molar-refractivity contribution in [3.05, 3.63) is 54.1 Å². The average molecular weight is 266 g/mol. The van der Waals surface area contributed by atoms with Gasteiger partial charge in [-0.3, -0.25) is 4.79 Å². The van der Waals surface area contributed by atoms with Crippen LogP contribution in [0.3, 0.4) is 0 Å². The summed E-state index contributed by atoms with van der Waals surface area (Å²) in [5.41, 5.74) is 3.06. The van der Waals surface area contributed by atoms with Crippen molar-refractivity contribution in [2.24, 2.45) is 4.99 Å².